The summed E-state index contributed by atoms with van der Waals surface area (Å²) in [7, 11) is 0. The molecule has 0 saturated carbocycles. The Hall–Kier alpha value is -2.34. The van der Waals surface area contributed by atoms with Gasteiger partial charge in [0.05, 0.1) is 0 Å². The maximum atomic E-state index is 2.36. The highest BCUT2D eigenvalue weighted by Crippen LogP contribution is 2.35. The van der Waals surface area contributed by atoms with Crippen LogP contribution in [-0.2, 0) is 6.42 Å². The lowest BCUT2D eigenvalue weighted by molar-refractivity contribution is 1.04. The van der Waals surface area contributed by atoms with Gasteiger partial charge in [0.1, 0.15) is 0 Å². The number of allylic oxidation sites excluding steroid dienone is 1. The first-order valence-electron chi connectivity index (χ1n) is 7.65. The van der Waals surface area contributed by atoms with E-state index in [0.29, 0.717) is 0 Å². The first-order chi connectivity index (χ1) is 10.3. The van der Waals surface area contributed by atoms with E-state index in [0.717, 1.165) is 12.8 Å². The normalized spacial score (nSPS) is 13.3. The van der Waals surface area contributed by atoms with Gasteiger partial charge in [-0.05, 0) is 51.9 Å². The first kappa shape index (κ1) is 12.4. The molecule has 0 atom stereocenters. The molecule has 0 heteroatoms. The summed E-state index contributed by atoms with van der Waals surface area (Å²) in [5, 5.41) is 2.62. The van der Waals surface area contributed by atoms with Gasteiger partial charge in [0.25, 0.3) is 0 Å². The third-order valence-electron chi connectivity index (χ3n) is 4.49. The van der Waals surface area contributed by atoms with Crippen LogP contribution in [0.15, 0.2) is 66.2 Å². The van der Waals surface area contributed by atoms with Gasteiger partial charge in [0, 0.05) is 0 Å². The van der Waals surface area contributed by atoms with Gasteiger partial charge < -0.3 is 0 Å². The van der Waals surface area contributed by atoms with Crippen LogP contribution in [0.1, 0.15) is 24.5 Å². The molecule has 0 N–H and O–H groups in total. The van der Waals surface area contributed by atoms with Crippen molar-refractivity contribution in [1.29, 1.82) is 0 Å². The average Bonchev–Trinajstić information content (AvgIpc) is 2.97. The standard InChI is InChI=1S/C21H18/c1-2-15-12-18-8-5-9-20(21(18)13-15)19-11-10-16-6-3-4-7-17(16)14-19/h3-12,14H,2,13H2,1H3. The van der Waals surface area contributed by atoms with E-state index in [9.17, 15) is 0 Å². The zero-order valence-corrected chi connectivity index (χ0v) is 12.3. The van der Waals surface area contributed by atoms with Gasteiger partial charge in [-0.15, -0.1) is 0 Å². The van der Waals surface area contributed by atoms with Crippen molar-refractivity contribution in [2.24, 2.45) is 0 Å². The maximum absolute atomic E-state index is 2.36. The predicted octanol–water partition coefficient (Wildman–Crippen LogP) is 5.86. The molecule has 0 unspecified atom stereocenters. The van der Waals surface area contributed by atoms with E-state index in [2.05, 4.69) is 73.7 Å². The third-order valence-corrected chi connectivity index (χ3v) is 4.49. The molecule has 0 heterocycles. The van der Waals surface area contributed by atoms with Crippen molar-refractivity contribution < 1.29 is 0 Å². The second-order valence-electron chi connectivity index (χ2n) is 5.77. The minimum atomic E-state index is 1.11. The lowest BCUT2D eigenvalue weighted by Crippen LogP contribution is -1.90. The van der Waals surface area contributed by atoms with E-state index in [4.69, 9.17) is 0 Å². The third kappa shape index (κ3) is 2.08. The molecule has 1 aliphatic rings. The number of hydrogen-bond acceptors (Lipinski definition) is 0. The number of rotatable bonds is 2. The van der Waals surface area contributed by atoms with Gasteiger partial charge in [-0.1, -0.05) is 73.2 Å². The van der Waals surface area contributed by atoms with E-state index in [1.165, 1.54) is 33.0 Å². The molecule has 0 radical (unpaired) electrons. The molecule has 4 rings (SSSR count). The van der Waals surface area contributed by atoms with Crippen LogP contribution in [0.4, 0.5) is 0 Å². The molecule has 0 spiro atoms. The van der Waals surface area contributed by atoms with Gasteiger partial charge in [-0.3, -0.25) is 0 Å². The molecule has 1 aliphatic carbocycles. The predicted molar refractivity (Wildman–Crippen MR) is 91.4 cm³/mol. The molecule has 0 fully saturated rings. The fraction of sp³-hybridized carbons (Fsp3) is 0.143. The Morgan fingerprint density at radius 3 is 2.57 bits per heavy atom. The molecule has 0 bridgehead atoms. The van der Waals surface area contributed by atoms with Crippen molar-refractivity contribution in [3.63, 3.8) is 0 Å². The van der Waals surface area contributed by atoms with Crippen molar-refractivity contribution in [3.05, 3.63) is 77.4 Å². The maximum Gasteiger partial charge on any atom is -0.00518 e. The molecule has 3 aromatic rings. The Balaban J connectivity index is 1.86. The minimum Gasteiger partial charge on any atom is -0.0655 e. The van der Waals surface area contributed by atoms with Gasteiger partial charge in [-0.25, -0.2) is 0 Å². The van der Waals surface area contributed by atoms with Crippen molar-refractivity contribution >= 4 is 16.8 Å². The number of fused-ring (bicyclic) bond motifs is 2. The fourth-order valence-electron chi connectivity index (χ4n) is 3.29. The topological polar surface area (TPSA) is 0 Å². The van der Waals surface area contributed by atoms with Gasteiger partial charge in [0.15, 0.2) is 0 Å². The molecular weight excluding hydrogens is 252 g/mol. The van der Waals surface area contributed by atoms with Crippen LogP contribution in [0.25, 0.3) is 28.0 Å². The van der Waals surface area contributed by atoms with E-state index >= 15 is 0 Å². The summed E-state index contributed by atoms with van der Waals surface area (Å²) in [6, 6.07) is 22.0. The second kappa shape index (κ2) is 4.89. The highest BCUT2D eigenvalue weighted by molar-refractivity contribution is 5.88. The van der Waals surface area contributed by atoms with E-state index < -0.39 is 0 Å². The summed E-state index contributed by atoms with van der Waals surface area (Å²) in [5.74, 6) is 0. The lowest BCUT2D eigenvalue weighted by atomic mass is 9.94. The Morgan fingerprint density at radius 2 is 1.71 bits per heavy atom. The zero-order valence-electron chi connectivity index (χ0n) is 12.3. The number of benzene rings is 3. The fourth-order valence-corrected chi connectivity index (χ4v) is 3.29. The van der Waals surface area contributed by atoms with Crippen molar-refractivity contribution in [2.45, 2.75) is 19.8 Å². The second-order valence-corrected chi connectivity index (χ2v) is 5.77. The van der Waals surface area contributed by atoms with Crippen LogP contribution < -0.4 is 0 Å². The van der Waals surface area contributed by atoms with E-state index in [1.807, 2.05) is 0 Å². The van der Waals surface area contributed by atoms with Gasteiger partial charge >= 0.3 is 0 Å². The van der Waals surface area contributed by atoms with Gasteiger partial charge in [0.2, 0.25) is 0 Å². The lowest BCUT2D eigenvalue weighted by Gasteiger charge is -2.10. The Kier molecular flexibility index (Phi) is 2.89. The Bertz CT molecular complexity index is 853. The van der Waals surface area contributed by atoms with E-state index in [-0.39, 0.29) is 0 Å². The highest BCUT2D eigenvalue weighted by atomic mass is 14.2. The zero-order chi connectivity index (χ0) is 14.2. The molecular formula is C21H18. The van der Waals surface area contributed by atoms with Crippen LogP contribution in [-0.4, -0.2) is 0 Å². The Labute approximate surface area is 125 Å². The molecule has 102 valence electrons. The molecule has 0 aliphatic heterocycles. The average molecular weight is 270 g/mol. The molecule has 0 amide bonds. The van der Waals surface area contributed by atoms with Crippen molar-refractivity contribution in [3.8, 4) is 11.1 Å². The number of hydrogen-bond donors (Lipinski definition) is 0. The molecule has 0 nitrogen and oxygen atoms in total. The summed E-state index contributed by atoms with van der Waals surface area (Å²) in [6.07, 6.45) is 4.61. The summed E-state index contributed by atoms with van der Waals surface area (Å²) in [5.41, 5.74) is 7.15. The highest BCUT2D eigenvalue weighted by Gasteiger charge is 2.15. The van der Waals surface area contributed by atoms with Gasteiger partial charge in [-0.2, -0.15) is 0 Å². The van der Waals surface area contributed by atoms with Crippen LogP contribution >= 0.6 is 0 Å². The van der Waals surface area contributed by atoms with E-state index in [1.54, 1.807) is 5.57 Å². The summed E-state index contributed by atoms with van der Waals surface area (Å²) >= 11 is 0. The monoisotopic (exact) mass is 270 g/mol. The van der Waals surface area contributed by atoms with Crippen LogP contribution in [0.2, 0.25) is 0 Å². The quantitative estimate of drug-likeness (QED) is 0.547. The van der Waals surface area contributed by atoms with Crippen LogP contribution in [0, 0.1) is 0 Å². The molecule has 0 saturated heterocycles. The smallest absolute Gasteiger partial charge is 0.00518 e. The summed E-state index contributed by atoms with van der Waals surface area (Å²) < 4.78 is 0. The SMILES string of the molecule is CCC1=Cc2cccc(-c3ccc4ccccc4c3)c2C1. The van der Waals surface area contributed by atoms with Crippen molar-refractivity contribution in [2.75, 3.05) is 0 Å². The van der Waals surface area contributed by atoms with Crippen LogP contribution in [0.3, 0.4) is 0 Å². The Morgan fingerprint density at radius 1 is 0.857 bits per heavy atom. The van der Waals surface area contributed by atoms with Crippen LogP contribution in [0.5, 0.6) is 0 Å². The molecule has 0 aromatic heterocycles. The molecule has 21 heavy (non-hydrogen) atoms. The molecule has 3 aromatic carbocycles. The first-order valence-corrected chi connectivity index (χ1v) is 7.65. The minimum absolute atomic E-state index is 1.11. The largest absolute Gasteiger partial charge is 0.0655 e. The summed E-state index contributed by atoms with van der Waals surface area (Å²) in [4.78, 5) is 0. The summed E-state index contributed by atoms with van der Waals surface area (Å²) in [6.45, 7) is 2.24. The van der Waals surface area contributed by atoms with Crippen molar-refractivity contribution in [1.82, 2.24) is 0 Å².